The molecule has 1 N–H and O–H groups in total. The van der Waals surface area contributed by atoms with Crippen LogP contribution in [0.5, 0.6) is 0 Å². The fourth-order valence-electron chi connectivity index (χ4n) is 4.32. The van der Waals surface area contributed by atoms with Crippen LogP contribution in [0, 0.1) is 17.8 Å². The molecular formula is C14H26N2O2S. The minimum Gasteiger partial charge on any atom is -0.313 e. The van der Waals surface area contributed by atoms with Crippen LogP contribution >= 0.6 is 0 Å². The third-order valence-corrected chi connectivity index (χ3v) is 7.35. The summed E-state index contributed by atoms with van der Waals surface area (Å²) < 4.78 is 26.4. The molecule has 3 rings (SSSR count). The molecule has 2 bridgehead atoms. The van der Waals surface area contributed by atoms with Gasteiger partial charge in [-0.25, -0.2) is 12.7 Å². The first kappa shape index (κ1) is 13.8. The summed E-state index contributed by atoms with van der Waals surface area (Å²) in [6.07, 6.45) is 7.42. The summed E-state index contributed by atoms with van der Waals surface area (Å²) in [5.74, 6) is 2.59. The van der Waals surface area contributed by atoms with Crippen molar-refractivity contribution in [3.63, 3.8) is 0 Å². The van der Waals surface area contributed by atoms with E-state index >= 15 is 0 Å². The summed E-state index contributed by atoms with van der Waals surface area (Å²) >= 11 is 0. The standard InChI is InChI=1S/C14H26N2O2S/c1-16(9-13-8-11-4-5-12(13)7-11)19(17,18)10-14-3-2-6-15-14/h11-15H,2-10H2,1H3. The van der Waals surface area contributed by atoms with Gasteiger partial charge in [-0.2, -0.15) is 0 Å². The minimum absolute atomic E-state index is 0.174. The van der Waals surface area contributed by atoms with Crippen LogP contribution in [0.4, 0.5) is 0 Å². The Balaban J connectivity index is 1.55. The number of nitrogens with one attached hydrogen (secondary N) is 1. The van der Waals surface area contributed by atoms with Gasteiger partial charge in [0.1, 0.15) is 0 Å². The van der Waals surface area contributed by atoms with E-state index in [0.29, 0.717) is 5.92 Å². The lowest BCUT2D eigenvalue weighted by Gasteiger charge is -2.27. The normalized spacial score (nSPS) is 38.4. The Morgan fingerprint density at radius 1 is 1.21 bits per heavy atom. The monoisotopic (exact) mass is 286 g/mol. The second-order valence-corrected chi connectivity index (χ2v) is 8.91. The smallest absolute Gasteiger partial charge is 0.215 e. The zero-order valence-electron chi connectivity index (χ0n) is 11.8. The summed E-state index contributed by atoms with van der Waals surface area (Å²) in [6.45, 7) is 1.71. The molecule has 4 nitrogen and oxygen atoms in total. The Morgan fingerprint density at radius 2 is 2.05 bits per heavy atom. The highest BCUT2D eigenvalue weighted by Gasteiger charge is 2.40. The largest absolute Gasteiger partial charge is 0.313 e. The molecule has 5 heteroatoms. The van der Waals surface area contributed by atoms with E-state index in [2.05, 4.69) is 5.32 Å². The van der Waals surface area contributed by atoms with E-state index in [1.54, 1.807) is 11.4 Å². The van der Waals surface area contributed by atoms with E-state index in [-0.39, 0.29) is 11.8 Å². The van der Waals surface area contributed by atoms with E-state index in [0.717, 1.165) is 37.8 Å². The van der Waals surface area contributed by atoms with Gasteiger partial charge in [-0.15, -0.1) is 0 Å². The van der Waals surface area contributed by atoms with Gasteiger partial charge in [-0.3, -0.25) is 0 Å². The molecule has 4 atom stereocenters. The molecule has 110 valence electrons. The van der Waals surface area contributed by atoms with E-state index in [9.17, 15) is 8.42 Å². The van der Waals surface area contributed by atoms with Crippen LogP contribution in [0.3, 0.4) is 0 Å². The predicted octanol–water partition coefficient (Wildman–Crippen LogP) is 1.44. The van der Waals surface area contributed by atoms with E-state index in [4.69, 9.17) is 0 Å². The highest BCUT2D eigenvalue weighted by atomic mass is 32.2. The molecule has 0 aromatic heterocycles. The Labute approximate surface area is 117 Å². The number of rotatable bonds is 5. The maximum atomic E-state index is 12.4. The van der Waals surface area contributed by atoms with Crippen molar-refractivity contribution in [2.24, 2.45) is 17.8 Å². The van der Waals surface area contributed by atoms with Crippen molar-refractivity contribution in [3.05, 3.63) is 0 Å². The molecule has 1 aliphatic heterocycles. The average molecular weight is 286 g/mol. The maximum Gasteiger partial charge on any atom is 0.215 e. The van der Waals surface area contributed by atoms with Crippen LogP contribution in [0.1, 0.15) is 38.5 Å². The van der Waals surface area contributed by atoms with Gasteiger partial charge in [0.15, 0.2) is 0 Å². The summed E-state index contributed by atoms with van der Waals surface area (Å²) in [5, 5.41) is 3.28. The lowest BCUT2D eigenvalue weighted by Crippen LogP contribution is -2.40. The van der Waals surface area contributed by atoms with E-state index in [1.165, 1.54) is 25.7 Å². The van der Waals surface area contributed by atoms with Gasteiger partial charge in [0.25, 0.3) is 0 Å². The molecule has 3 aliphatic rings. The molecule has 2 saturated carbocycles. The van der Waals surface area contributed by atoms with Crippen LogP contribution in [0.15, 0.2) is 0 Å². The summed E-state index contributed by atoms with van der Waals surface area (Å²) in [7, 11) is -1.30. The van der Waals surface area contributed by atoms with Crippen LogP contribution in [0.25, 0.3) is 0 Å². The molecule has 0 aromatic rings. The van der Waals surface area contributed by atoms with Gasteiger partial charge < -0.3 is 5.32 Å². The van der Waals surface area contributed by atoms with Crippen molar-refractivity contribution in [3.8, 4) is 0 Å². The van der Waals surface area contributed by atoms with Gasteiger partial charge in [0.05, 0.1) is 5.75 Å². The number of hydrogen-bond acceptors (Lipinski definition) is 3. The molecule has 0 radical (unpaired) electrons. The second kappa shape index (κ2) is 5.34. The molecule has 0 spiro atoms. The molecule has 1 heterocycles. The maximum absolute atomic E-state index is 12.4. The topological polar surface area (TPSA) is 49.4 Å². The SMILES string of the molecule is CN(CC1CC2CCC1C2)S(=O)(=O)CC1CCCN1. The van der Waals surface area contributed by atoms with Crippen molar-refractivity contribution < 1.29 is 8.42 Å². The number of nitrogens with zero attached hydrogens (tertiary/aromatic N) is 1. The molecule has 0 amide bonds. The van der Waals surface area contributed by atoms with Crippen LogP contribution < -0.4 is 5.32 Å². The summed E-state index contributed by atoms with van der Waals surface area (Å²) in [5.41, 5.74) is 0. The molecule has 19 heavy (non-hydrogen) atoms. The molecular weight excluding hydrogens is 260 g/mol. The average Bonchev–Trinajstić information content (AvgIpc) is 3.04. The van der Waals surface area contributed by atoms with Crippen molar-refractivity contribution >= 4 is 10.0 Å². The zero-order chi connectivity index (χ0) is 13.5. The Hall–Kier alpha value is -0.130. The fraction of sp³-hybridized carbons (Fsp3) is 1.00. The Morgan fingerprint density at radius 3 is 2.63 bits per heavy atom. The Bertz CT molecular complexity index is 417. The molecule has 2 aliphatic carbocycles. The van der Waals surface area contributed by atoms with Gasteiger partial charge in [0.2, 0.25) is 10.0 Å². The van der Waals surface area contributed by atoms with Gasteiger partial charge in [-0.05, 0) is 56.4 Å². The van der Waals surface area contributed by atoms with Gasteiger partial charge in [0, 0.05) is 19.6 Å². The molecule has 3 fully saturated rings. The zero-order valence-corrected chi connectivity index (χ0v) is 12.7. The lowest BCUT2D eigenvalue weighted by atomic mass is 9.89. The summed E-state index contributed by atoms with van der Waals surface area (Å²) in [6, 6.07) is 0.174. The van der Waals surface area contributed by atoms with E-state index < -0.39 is 10.0 Å². The number of sulfonamides is 1. The number of fused-ring (bicyclic) bond motifs is 2. The minimum atomic E-state index is -3.08. The quantitative estimate of drug-likeness (QED) is 0.832. The highest BCUT2D eigenvalue weighted by molar-refractivity contribution is 7.89. The second-order valence-electron chi connectivity index (χ2n) is 6.79. The van der Waals surface area contributed by atoms with E-state index in [1.807, 2.05) is 0 Å². The first-order valence-corrected chi connectivity index (χ1v) is 9.33. The highest BCUT2D eigenvalue weighted by Crippen LogP contribution is 2.48. The van der Waals surface area contributed by atoms with Crippen LogP contribution in [-0.4, -0.2) is 44.7 Å². The summed E-state index contributed by atoms with van der Waals surface area (Å²) in [4.78, 5) is 0. The lowest BCUT2D eigenvalue weighted by molar-refractivity contribution is 0.280. The molecule has 4 unspecified atom stereocenters. The van der Waals surface area contributed by atoms with Crippen molar-refractivity contribution in [2.75, 3.05) is 25.9 Å². The molecule has 0 aromatic carbocycles. The first-order valence-electron chi connectivity index (χ1n) is 7.72. The van der Waals surface area contributed by atoms with Crippen molar-refractivity contribution in [1.29, 1.82) is 0 Å². The molecule has 1 saturated heterocycles. The van der Waals surface area contributed by atoms with Gasteiger partial charge >= 0.3 is 0 Å². The fourth-order valence-corrected chi connectivity index (χ4v) is 5.79. The van der Waals surface area contributed by atoms with Crippen LogP contribution in [-0.2, 0) is 10.0 Å². The van der Waals surface area contributed by atoms with Crippen molar-refractivity contribution in [2.45, 2.75) is 44.6 Å². The third-order valence-electron chi connectivity index (χ3n) is 5.43. The first-order chi connectivity index (χ1) is 9.04. The third kappa shape index (κ3) is 2.98. The van der Waals surface area contributed by atoms with Crippen molar-refractivity contribution in [1.82, 2.24) is 9.62 Å². The van der Waals surface area contributed by atoms with Gasteiger partial charge in [-0.1, -0.05) is 6.42 Å². The number of hydrogen-bond donors (Lipinski definition) is 1. The Kier molecular flexibility index (Phi) is 3.89. The van der Waals surface area contributed by atoms with Crippen LogP contribution in [0.2, 0.25) is 0 Å². The predicted molar refractivity (Wildman–Crippen MR) is 76.4 cm³/mol.